The molecule has 0 radical (unpaired) electrons. The van der Waals surface area contributed by atoms with Crippen molar-refractivity contribution in [1.29, 1.82) is 0 Å². The van der Waals surface area contributed by atoms with E-state index in [1.54, 1.807) is 16.7 Å². The molecule has 1 aromatic heterocycles. The summed E-state index contributed by atoms with van der Waals surface area (Å²) in [4.78, 5) is 29.8. The van der Waals surface area contributed by atoms with E-state index >= 15 is 0 Å². The van der Waals surface area contributed by atoms with Crippen LogP contribution in [0.25, 0.3) is 0 Å². The molecule has 5 nitrogen and oxygen atoms in total. The zero-order chi connectivity index (χ0) is 15.2. The SMILES string of the molecule is CC12CCC(=O)N1C(C(=O)Nc1cncc(Cl)c1Cl)CS2. The first kappa shape index (κ1) is 14.9. The average Bonchev–Trinajstić information content (AvgIpc) is 2.92. The van der Waals surface area contributed by atoms with Gasteiger partial charge in [0.2, 0.25) is 11.8 Å². The molecule has 8 heteroatoms. The van der Waals surface area contributed by atoms with Crippen molar-refractivity contribution >= 4 is 52.5 Å². The van der Waals surface area contributed by atoms with Crippen LogP contribution in [0.15, 0.2) is 12.4 Å². The van der Waals surface area contributed by atoms with Crippen molar-refractivity contribution in [1.82, 2.24) is 9.88 Å². The van der Waals surface area contributed by atoms with Gasteiger partial charge in [-0.3, -0.25) is 14.6 Å². The third-order valence-corrected chi connectivity index (χ3v) is 6.14. The van der Waals surface area contributed by atoms with E-state index in [2.05, 4.69) is 10.3 Å². The van der Waals surface area contributed by atoms with E-state index in [4.69, 9.17) is 23.2 Å². The molecule has 2 fully saturated rings. The number of aromatic nitrogens is 1. The lowest BCUT2D eigenvalue weighted by atomic mass is 10.2. The first-order valence-corrected chi connectivity index (χ1v) is 8.22. The predicted octanol–water partition coefficient (Wildman–Crippen LogP) is 2.78. The molecule has 1 N–H and O–H groups in total. The van der Waals surface area contributed by atoms with Gasteiger partial charge < -0.3 is 10.2 Å². The molecule has 0 aromatic carbocycles. The second-order valence-corrected chi connectivity index (χ2v) is 7.52. The second-order valence-electron chi connectivity index (χ2n) is 5.24. The Morgan fingerprint density at radius 3 is 3.05 bits per heavy atom. The molecule has 2 aliphatic heterocycles. The molecule has 0 aliphatic carbocycles. The number of hydrogen-bond donors (Lipinski definition) is 1. The standard InChI is InChI=1S/C13H13Cl2N3O2S/c1-13-3-2-10(19)18(13)9(6-21-13)12(20)17-8-5-16-4-7(14)11(8)15/h4-5,9H,2-3,6H2,1H3,(H,17,20). The number of rotatable bonds is 2. The Balaban J connectivity index is 1.80. The van der Waals surface area contributed by atoms with Crippen molar-refractivity contribution in [2.24, 2.45) is 0 Å². The third-order valence-electron chi connectivity index (χ3n) is 3.84. The number of anilines is 1. The Bertz CT molecular complexity index is 627. The molecular formula is C13H13Cl2N3O2S. The normalized spacial score (nSPS) is 27.9. The molecule has 0 bridgehead atoms. The molecule has 3 heterocycles. The van der Waals surface area contributed by atoms with Crippen molar-refractivity contribution in [3.05, 3.63) is 22.4 Å². The molecule has 21 heavy (non-hydrogen) atoms. The van der Waals surface area contributed by atoms with Gasteiger partial charge in [0, 0.05) is 18.4 Å². The molecule has 2 saturated heterocycles. The molecular weight excluding hydrogens is 333 g/mol. The summed E-state index contributed by atoms with van der Waals surface area (Å²) in [5.41, 5.74) is 0.361. The number of hydrogen-bond acceptors (Lipinski definition) is 4. The van der Waals surface area contributed by atoms with Crippen molar-refractivity contribution in [3.8, 4) is 0 Å². The van der Waals surface area contributed by atoms with Gasteiger partial charge in [0.05, 0.1) is 26.8 Å². The van der Waals surface area contributed by atoms with Crippen LogP contribution in [0.4, 0.5) is 5.69 Å². The van der Waals surface area contributed by atoms with Crippen LogP contribution < -0.4 is 5.32 Å². The highest BCUT2D eigenvalue weighted by Gasteiger charge is 2.52. The number of carbonyl (C=O) groups is 2. The zero-order valence-corrected chi connectivity index (χ0v) is 13.6. The molecule has 3 rings (SSSR count). The van der Waals surface area contributed by atoms with Crippen molar-refractivity contribution in [2.75, 3.05) is 11.1 Å². The summed E-state index contributed by atoms with van der Waals surface area (Å²) in [7, 11) is 0. The monoisotopic (exact) mass is 345 g/mol. The number of nitrogens with one attached hydrogen (secondary N) is 1. The van der Waals surface area contributed by atoms with Crippen LogP contribution in [0.3, 0.4) is 0 Å². The molecule has 2 atom stereocenters. The fourth-order valence-electron chi connectivity index (χ4n) is 2.74. The zero-order valence-electron chi connectivity index (χ0n) is 11.2. The molecule has 2 amide bonds. The highest BCUT2D eigenvalue weighted by atomic mass is 35.5. The number of carbonyl (C=O) groups excluding carboxylic acids is 2. The smallest absolute Gasteiger partial charge is 0.248 e. The third kappa shape index (κ3) is 2.49. The van der Waals surface area contributed by atoms with E-state index in [0.717, 1.165) is 6.42 Å². The van der Waals surface area contributed by atoms with E-state index in [1.807, 2.05) is 6.92 Å². The number of halogens is 2. The summed E-state index contributed by atoms with van der Waals surface area (Å²) in [6.45, 7) is 2.00. The van der Waals surface area contributed by atoms with Gasteiger partial charge in [-0.1, -0.05) is 23.2 Å². The lowest BCUT2D eigenvalue weighted by Gasteiger charge is -2.29. The highest BCUT2D eigenvalue weighted by Crippen LogP contribution is 2.47. The summed E-state index contributed by atoms with van der Waals surface area (Å²) < 4.78 is 0. The predicted molar refractivity (Wildman–Crippen MR) is 83.6 cm³/mol. The Labute approximate surface area is 136 Å². The summed E-state index contributed by atoms with van der Waals surface area (Å²) >= 11 is 13.6. The minimum Gasteiger partial charge on any atom is -0.322 e. The first-order chi connectivity index (χ1) is 9.92. The first-order valence-electron chi connectivity index (χ1n) is 6.48. The van der Waals surface area contributed by atoms with Crippen LogP contribution in [-0.4, -0.2) is 38.4 Å². The van der Waals surface area contributed by atoms with Crippen molar-refractivity contribution in [3.63, 3.8) is 0 Å². The van der Waals surface area contributed by atoms with E-state index in [-0.39, 0.29) is 26.7 Å². The van der Waals surface area contributed by atoms with Gasteiger partial charge in [0.25, 0.3) is 0 Å². The van der Waals surface area contributed by atoms with Gasteiger partial charge >= 0.3 is 0 Å². The molecule has 0 saturated carbocycles. The molecule has 112 valence electrons. The molecule has 2 unspecified atom stereocenters. The Morgan fingerprint density at radius 1 is 1.52 bits per heavy atom. The highest BCUT2D eigenvalue weighted by molar-refractivity contribution is 8.01. The van der Waals surface area contributed by atoms with Crippen LogP contribution in [0.2, 0.25) is 10.0 Å². The number of thioether (sulfide) groups is 1. The Kier molecular flexibility index (Phi) is 3.80. The van der Waals surface area contributed by atoms with E-state index in [1.165, 1.54) is 12.4 Å². The fraction of sp³-hybridized carbons (Fsp3) is 0.462. The topological polar surface area (TPSA) is 62.3 Å². The minimum absolute atomic E-state index is 0.0259. The van der Waals surface area contributed by atoms with Gasteiger partial charge in [0.15, 0.2) is 0 Å². The van der Waals surface area contributed by atoms with E-state index in [0.29, 0.717) is 17.9 Å². The Morgan fingerprint density at radius 2 is 2.29 bits per heavy atom. The quantitative estimate of drug-likeness (QED) is 0.895. The molecule has 2 aliphatic rings. The van der Waals surface area contributed by atoms with Gasteiger partial charge in [-0.05, 0) is 13.3 Å². The maximum Gasteiger partial charge on any atom is 0.248 e. The van der Waals surface area contributed by atoms with Crippen LogP contribution in [-0.2, 0) is 9.59 Å². The molecule has 1 aromatic rings. The van der Waals surface area contributed by atoms with Crippen LogP contribution >= 0.6 is 35.0 Å². The van der Waals surface area contributed by atoms with E-state index < -0.39 is 6.04 Å². The summed E-state index contributed by atoms with van der Waals surface area (Å²) in [6.07, 6.45) is 4.12. The summed E-state index contributed by atoms with van der Waals surface area (Å²) in [6, 6.07) is -0.481. The van der Waals surface area contributed by atoms with Gasteiger partial charge in [-0.15, -0.1) is 11.8 Å². The summed E-state index contributed by atoms with van der Waals surface area (Å²) in [5, 5.41) is 3.24. The number of pyridine rings is 1. The van der Waals surface area contributed by atoms with E-state index in [9.17, 15) is 9.59 Å². The minimum atomic E-state index is -0.481. The van der Waals surface area contributed by atoms with Gasteiger partial charge in [0.1, 0.15) is 6.04 Å². The lowest BCUT2D eigenvalue weighted by Crippen LogP contribution is -2.48. The Hall–Kier alpha value is -0.980. The molecule has 0 spiro atoms. The second kappa shape index (κ2) is 5.34. The fourth-order valence-corrected chi connectivity index (χ4v) is 4.47. The van der Waals surface area contributed by atoms with Crippen LogP contribution in [0, 0.1) is 0 Å². The maximum atomic E-state index is 12.5. The number of fused-ring (bicyclic) bond motifs is 1. The maximum absolute atomic E-state index is 12.5. The van der Waals surface area contributed by atoms with Gasteiger partial charge in [-0.25, -0.2) is 0 Å². The largest absolute Gasteiger partial charge is 0.322 e. The number of nitrogens with zero attached hydrogens (tertiary/aromatic N) is 2. The number of amides is 2. The van der Waals surface area contributed by atoms with Crippen molar-refractivity contribution in [2.45, 2.75) is 30.7 Å². The van der Waals surface area contributed by atoms with Crippen LogP contribution in [0.1, 0.15) is 19.8 Å². The summed E-state index contributed by atoms with van der Waals surface area (Å²) in [5.74, 6) is 0.352. The van der Waals surface area contributed by atoms with Gasteiger partial charge in [-0.2, -0.15) is 0 Å². The average molecular weight is 346 g/mol. The van der Waals surface area contributed by atoms with Crippen LogP contribution in [0.5, 0.6) is 0 Å². The lowest BCUT2D eigenvalue weighted by molar-refractivity contribution is -0.135. The van der Waals surface area contributed by atoms with Crippen molar-refractivity contribution < 1.29 is 9.59 Å².